The van der Waals surface area contributed by atoms with Crippen LogP contribution >= 0.6 is 0 Å². The molecule has 1 N–H and O–H groups in total. The van der Waals surface area contributed by atoms with Crippen LogP contribution in [0.1, 0.15) is 54.0 Å². The molecule has 2 aromatic heterocycles. The highest BCUT2D eigenvalue weighted by atomic mass is 16.5. The maximum absolute atomic E-state index is 12.4. The highest BCUT2D eigenvalue weighted by molar-refractivity contribution is 5.91. The second-order valence-corrected chi connectivity index (χ2v) is 5.52. The third-order valence-electron chi connectivity index (χ3n) is 3.77. The summed E-state index contributed by atoms with van der Waals surface area (Å²) in [7, 11) is 0. The van der Waals surface area contributed by atoms with E-state index in [1.165, 1.54) is 0 Å². The number of carbonyl (C=O) groups is 1. The third-order valence-corrected chi connectivity index (χ3v) is 3.77. The first kappa shape index (κ1) is 12.9. The predicted molar refractivity (Wildman–Crippen MR) is 72.4 cm³/mol. The molecule has 106 valence electrons. The zero-order chi connectivity index (χ0) is 14.1. The Balaban J connectivity index is 1.69. The molecule has 1 aliphatic rings. The Bertz CT molecular complexity index is 588. The lowest BCUT2D eigenvalue weighted by Crippen LogP contribution is -2.28. The summed E-state index contributed by atoms with van der Waals surface area (Å²) in [6.07, 6.45) is 2.68. The lowest BCUT2D eigenvalue weighted by atomic mass is 10.1. The van der Waals surface area contributed by atoms with Crippen molar-refractivity contribution in [2.24, 2.45) is 0 Å². The molecule has 3 rings (SSSR count). The number of aromatic amines is 1. The maximum Gasteiger partial charge on any atom is 0.292 e. The number of carbonyl (C=O) groups excluding carboxylic acids is 1. The van der Waals surface area contributed by atoms with Crippen molar-refractivity contribution in [2.45, 2.75) is 32.1 Å². The summed E-state index contributed by atoms with van der Waals surface area (Å²) in [5.41, 5.74) is 1.90. The Labute approximate surface area is 117 Å². The molecule has 20 heavy (non-hydrogen) atoms. The van der Waals surface area contributed by atoms with Gasteiger partial charge in [-0.3, -0.25) is 9.89 Å². The molecule has 0 saturated carbocycles. The number of hydrogen-bond acceptors (Lipinski definition) is 4. The lowest BCUT2D eigenvalue weighted by molar-refractivity contribution is 0.0749. The van der Waals surface area contributed by atoms with Crippen LogP contribution in [-0.4, -0.2) is 39.3 Å². The lowest BCUT2D eigenvalue weighted by Gasteiger charge is -2.13. The van der Waals surface area contributed by atoms with E-state index in [1.54, 1.807) is 12.3 Å². The molecule has 0 aromatic carbocycles. The van der Waals surface area contributed by atoms with Crippen molar-refractivity contribution >= 4 is 5.91 Å². The summed E-state index contributed by atoms with van der Waals surface area (Å²) in [6.45, 7) is 5.48. The Morgan fingerprint density at radius 1 is 1.55 bits per heavy atom. The van der Waals surface area contributed by atoms with Gasteiger partial charge in [-0.05, 0) is 18.4 Å². The second kappa shape index (κ2) is 5.11. The number of nitrogens with one attached hydrogen (secondary N) is 1. The van der Waals surface area contributed by atoms with Gasteiger partial charge in [0.25, 0.3) is 5.91 Å². The standard InChI is InChI=1S/C14H18N4O2/c1-9(2)12-7-13(20-17-12)14(19)18-6-4-10(8-18)11-3-5-15-16-11/h3,5,7,9-10H,4,6,8H2,1-2H3,(H,15,16)/t10-/m1/s1. The van der Waals surface area contributed by atoms with E-state index in [2.05, 4.69) is 15.4 Å². The Kier molecular flexibility index (Phi) is 3.30. The van der Waals surface area contributed by atoms with Crippen molar-refractivity contribution < 1.29 is 9.32 Å². The van der Waals surface area contributed by atoms with Crippen molar-refractivity contribution in [1.82, 2.24) is 20.3 Å². The fourth-order valence-corrected chi connectivity index (χ4v) is 2.51. The largest absolute Gasteiger partial charge is 0.351 e. The van der Waals surface area contributed by atoms with Crippen molar-refractivity contribution in [3.63, 3.8) is 0 Å². The van der Waals surface area contributed by atoms with E-state index >= 15 is 0 Å². The van der Waals surface area contributed by atoms with Crippen molar-refractivity contribution in [1.29, 1.82) is 0 Å². The van der Waals surface area contributed by atoms with Gasteiger partial charge in [0.2, 0.25) is 5.76 Å². The van der Waals surface area contributed by atoms with Crippen LogP contribution in [0.5, 0.6) is 0 Å². The number of aromatic nitrogens is 3. The molecule has 2 aromatic rings. The Morgan fingerprint density at radius 3 is 3.05 bits per heavy atom. The van der Waals surface area contributed by atoms with E-state index in [1.807, 2.05) is 24.8 Å². The molecular formula is C14H18N4O2. The zero-order valence-corrected chi connectivity index (χ0v) is 11.7. The topological polar surface area (TPSA) is 75.0 Å². The van der Waals surface area contributed by atoms with Gasteiger partial charge >= 0.3 is 0 Å². The highest BCUT2D eigenvalue weighted by Crippen LogP contribution is 2.27. The van der Waals surface area contributed by atoms with Crippen LogP contribution in [0, 0.1) is 0 Å². The van der Waals surface area contributed by atoms with Gasteiger partial charge in [0.1, 0.15) is 0 Å². The van der Waals surface area contributed by atoms with Gasteiger partial charge in [0.05, 0.1) is 5.69 Å². The third kappa shape index (κ3) is 2.33. The minimum Gasteiger partial charge on any atom is -0.351 e. The fraction of sp³-hybridized carbons (Fsp3) is 0.500. The van der Waals surface area contributed by atoms with Gasteiger partial charge in [-0.1, -0.05) is 19.0 Å². The number of likely N-dealkylation sites (tertiary alicyclic amines) is 1. The first-order chi connectivity index (χ1) is 9.65. The molecule has 0 bridgehead atoms. The molecule has 1 aliphatic heterocycles. The monoisotopic (exact) mass is 274 g/mol. The fourth-order valence-electron chi connectivity index (χ4n) is 2.51. The predicted octanol–water partition coefficient (Wildman–Crippen LogP) is 2.15. The average molecular weight is 274 g/mol. The van der Waals surface area contributed by atoms with Crippen LogP contribution in [0.25, 0.3) is 0 Å². The Morgan fingerprint density at radius 2 is 2.40 bits per heavy atom. The van der Waals surface area contributed by atoms with Crippen LogP contribution in [0.4, 0.5) is 0 Å². The van der Waals surface area contributed by atoms with Gasteiger partial charge in [0.15, 0.2) is 0 Å². The van der Waals surface area contributed by atoms with Gasteiger partial charge in [-0.2, -0.15) is 5.10 Å². The summed E-state index contributed by atoms with van der Waals surface area (Å²) < 4.78 is 5.16. The molecule has 3 heterocycles. The summed E-state index contributed by atoms with van der Waals surface area (Å²) in [4.78, 5) is 14.2. The van der Waals surface area contributed by atoms with Crippen molar-refractivity contribution in [2.75, 3.05) is 13.1 Å². The van der Waals surface area contributed by atoms with E-state index in [9.17, 15) is 4.79 Å². The molecule has 1 amide bonds. The average Bonchev–Trinajstić information content (AvgIpc) is 3.17. The molecule has 6 nitrogen and oxygen atoms in total. The smallest absolute Gasteiger partial charge is 0.292 e. The van der Waals surface area contributed by atoms with Crippen LogP contribution in [0.2, 0.25) is 0 Å². The summed E-state index contributed by atoms with van der Waals surface area (Å²) >= 11 is 0. The molecule has 1 atom stereocenters. The van der Waals surface area contributed by atoms with E-state index in [4.69, 9.17) is 4.52 Å². The maximum atomic E-state index is 12.4. The number of amides is 1. The highest BCUT2D eigenvalue weighted by Gasteiger charge is 2.30. The van der Waals surface area contributed by atoms with Crippen LogP contribution in [-0.2, 0) is 0 Å². The van der Waals surface area contributed by atoms with Crippen LogP contribution in [0.15, 0.2) is 22.9 Å². The Hall–Kier alpha value is -2.11. The molecule has 1 saturated heterocycles. The molecule has 0 radical (unpaired) electrons. The van der Waals surface area contributed by atoms with E-state index in [0.717, 1.165) is 24.4 Å². The van der Waals surface area contributed by atoms with Crippen molar-refractivity contribution in [3.8, 4) is 0 Å². The van der Waals surface area contributed by atoms with Gasteiger partial charge < -0.3 is 9.42 Å². The minimum absolute atomic E-state index is 0.0774. The summed E-state index contributed by atoms with van der Waals surface area (Å²) in [5.74, 6) is 0.843. The number of nitrogens with zero attached hydrogens (tertiary/aromatic N) is 3. The van der Waals surface area contributed by atoms with Gasteiger partial charge in [-0.25, -0.2) is 0 Å². The molecule has 0 unspecified atom stereocenters. The van der Waals surface area contributed by atoms with Crippen LogP contribution in [0.3, 0.4) is 0 Å². The first-order valence-corrected chi connectivity index (χ1v) is 6.90. The SMILES string of the molecule is CC(C)c1cc(C(=O)N2CC[C@@H](c3ccn[nH]3)C2)on1. The van der Waals surface area contributed by atoms with Gasteiger partial charge in [-0.15, -0.1) is 0 Å². The van der Waals surface area contributed by atoms with E-state index < -0.39 is 0 Å². The zero-order valence-electron chi connectivity index (χ0n) is 11.7. The second-order valence-electron chi connectivity index (χ2n) is 5.52. The molecule has 0 aliphatic carbocycles. The number of H-pyrrole nitrogens is 1. The molecule has 0 spiro atoms. The van der Waals surface area contributed by atoms with E-state index in [0.29, 0.717) is 18.2 Å². The van der Waals surface area contributed by atoms with E-state index in [-0.39, 0.29) is 11.8 Å². The normalized spacial score (nSPS) is 18.9. The molecule has 1 fully saturated rings. The summed E-state index contributed by atoms with van der Waals surface area (Å²) in [6, 6.07) is 3.71. The molecule has 6 heteroatoms. The number of hydrogen-bond donors (Lipinski definition) is 1. The summed E-state index contributed by atoms with van der Waals surface area (Å²) in [5, 5.41) is 10.9. The number of rotatable bonds is 3. The van der Waals surface area contributed by atoms with Crippen molar-refractivity contribution in [3.05, 3.63) is 35.5 Å². The molecular weight excluding hydrogens is 256 g/mol. The first-order valence-electron chi connectivity index (χ1n) is 6.90. The minimum atomic E-state index is -0.0774. The van der Waals surface area contributed by atoms with Gasteiger partial charge in [0, 0.05) is 37.0 Å². The van der Waals surface area contributed by atoms with Crippen LogP contribution < -0.4 is 0 Å². The quantitative estimate of drug-likeness (QED) is 0.930.